The van der Waals surface area contributed by atoms with Gasteiger partial charge < -0.3 is 15.3 Å². The fraction of sp³-hybridized carbons (Fsp3) is 0.692. The normalized spacial score (nSPS) is 39.2. The molecular weight excluding hydrogens is 296 g/mol. The van der Waals surface area contributed by atoms with Gasteiger partial charge in [-0.25, -0.2) is 4.79 Å². The van der Waals surface area contributed by atoms with Gasteiger partial charge in [-0.2, -0.15) is 0 Å². The van der Waals surface area contributed by atoms with E-state index in [-0.39, 0.29) is 0 Å². The number of hydrogen-bond donors (Lipinski definition) is 4. The second-order valence-electron chi connectivity index (χ2n) is 5.79. The van der Waals surface area contributed by atoms with Gasteiger partial charge in [0.1, 0.15) is 11.5 Å². The van der Waals surface area contributed by atoms with E-state index in [9.17, 15) is 24.9 Å². The van der Waals surface area contributed by atoms with Crippen molar-refractivity contribution in [3.63, 3.8) is 0 Å². The summed E-state index contributed by atoms with van der Waals surface area (Å²) >= 11 is 1.22. The number of nitrogens with one attached hydrogen (secondary N) is 1. The molecule has 4 N–H and O–H groups in total. The van der Waals surface area contributed by atoms with Gasteiger partial charge in [0.15, 0.2) is 0 Å². The van der Waals surface area contributed by atoms with Gasteiger partial charge in [-0.1, -0.05) is 0 Å². The molecule has 21 heavy (non-hydrogen) atoms. The number of aliphatic hydroxyl groups excluding tert-OH is 3. The van der Waals surface area contributed by atoms with Crippen molar-refractivity contribution in [1.29, 1.82) is 0 Å². The summed E-state index contributed by atoms with van der Waals surface area (Å²) < 4.78 is 0.392. The molecule has 1 aliphatic heterocycles. The van der Waals surface area contributed by atoms with Gasteiger partial charge in [0, 0.05) is 11.8 Å². The molecule has 1 saturated carbocycles. The van der Waals surface area contributed by atoms with Crippen LogP contribution in [0.15, 0.2) is 15.8 Å². The van der Waals surface area contributed by atoms with Gasteiger partial charge >= 0.3 is 5.69 Å². The van der Waals surface area contributed by atoms with Crippen LogP contribution in [0.5, 0.6) is 0 Å². The zero-order chi connectivity index (χ0) is 15.4. The van der Waals surface area contributed by atoms with E-state index in [0.717, 1.165) is 6.42 Å². The van der Waals surface area contributed by atoms with E-state index < -0.39 is 39.7 Å². The van der Waals surface area contributed by atoms with Crippen molar-refractivity contribution < 1.29 is 15.3 Å². The molecule has 0 amide bonds. The fourth-order valence-corrected chi connectivity index (χ4v) is 5.09. The Morgan fingerprint density at radius 2 is 2.10 bits per heavy atom. The maximum absolute atomic E-state index is 12.0. The molecule has 2 aliphatic rings. The zero-order valence-corrected chi connectivity index (χ0v) is 12.3. The Morgan fingerprint density at radius 3 is 2.71 bits per heavy atom. The predicted octanol–water partition coefficient (Wildman–Crippen LogP) is -0.904. The van der Waals surface area contributed by atoms with Crippen molar-refractivity contribution in [3.8, 4) is 0 Å². The average molecular weight is 314 g/mol. The third-order valence-electron chi connectivity index (χ3n) is 4.49. The number of H-pyrrole nitrogens is 1. The van der Waals surface area contributed by atoms with Crippen molar-refractivity contribution in [2.75, 3.05) is 0 Å². The van der Waals surface area contributed by atoms with E-state index in [4.69, 9.17) is 0 Å². The standard InChI is InChI=1S/C13H18N2O5S/c1-6-5-15(12(20)14-10(6)19)11-8(17)9(18)13(21-11)4-2-3-7(13)16/h5,7-9,11,16-18H,2-4H2,1H3,(H,14,19,20)/t7-,8+,9-,11+,13?/m0/s1. The van der Waals surface area contributed by atoms with Gasteiger partial charge in [0.25, 0.3) is 5.56 Å². The maximum atomic E-state index is 12.0. The van der Waals surface area contributed by atoms with E-state index in [1.807, 2.05) is 0 Å². The van der Waals surface area contributed by atoms with Crippen LogP contribution in [0.2, 0.25) is 0 Å². The van der Waals surface area contributed by atoms with Gasteiger partial charge in [-0.3, -0.25) is 14.3 Å². The zero-order valence-electron chi connectivity index (χ0n) is 11.5. The van der Waals surface area contributed by atoms with Crippen LogP contribution in [-0.4, -0.2) is 47.9 Å². The van der Waals surface area contributed by atoms with E-state index in [1.165, 1.54) is 22.5 Å². The van der Waals surface area contributed by atoms with Gasteiger partial charge in [0.05, 0.1) is 17.0 Å². The molecule has 1 unspecified atom stereocenters. The Kier molecular flexibility index (Phi) is 3.52. The highest BCUT2D eigenvalue weighted by Gasteiger charge is 2.59. The minimum atomic E-state index is -1.18. The van der Waals surface area contributed by atoms with Gasteiger partial charge in [-0.15, -0.1) is 11.8 Å². The first-order chi connectivity index (χ1) is 9.86. The predicted molar refractivity (Wildman–Crippen MR) is 77.3 cm³/mol. The topological polar surface area (TPSA) is 116 Å². The molecule has 1 aromatic heterocycles. The molecule has 5 atom stereocenters. The maximum Gasteiger partial charge on any atom is 0.329 e. The molecule has 2 heterocycles. The van der Waals surface area contributed by atoms with E-state index in [2.05, 4.69) is 4.98 Å². The van der Waals surface area contributed by atoms with Crippen LogP contribution in [0.1, 0.15) is 30.2 Å². The first-order valence-corrected chi connectivity index (χ1v) is 7.79. The number of thioether (sulfide) groups is 1. The third kappa shape index (κ3) is 2.09. The van der Waals surface area contributed by atoms with Gasteiger partial charge in [-0.05, 0) is 26.2 Å². The Bertz CT molecular complexity index is 671. The first kappa shape index (κ1) is 14.8. The summed E-state index contributed by atoms with van der Waals surface area (Å²) in [5, 5.41) is 30.1. The van der Waals surface area contributed by atoms with Crippen LogP contribution in [-0.2, 0) is 0 Å². The van der Waals surface area contributed by atoms with Crippen LogP contribution in [0.4, 0.5) is 0 Å². The number of aliphatic hydroxyl groups is 3. The van der Waals surface area contributed by atoms with Crippen molar-refractivity contribution in [1.82, 2.24) is 9.55 Å². The van der Waals surface area contributed by atoms with Crippen molar-refractivity contribution in [2.45, 2.75) is 54.6 Å². The molecule has 1 aliphatic carbocycles. The third-order valence-corrected chi connectivity index (χ3v) is 6.39. The molecule has 0 aromatic carbocycles. The summed E-state index contributed by atoms with van der Waals surface area (Å²) in [4.78, 5) is 25.6. The molecule has 1 aromatic rings. The second kappa shape index (κ2) is 4.98. The number of nitrogens with zero attached hydrogens (tertiary/aromatic N) is 1. The van der Waals surface area contributed by atoms with Crippen LogP contribution < -0.4 is 11.2 Å². The first-order valence-electron chi connectivity index (χ1n) is 6.91. The Morgan fingerprint density at radius 1 is 1.38 bits per heavy atom. The summed E-state index contributed by atoms with van der Waals surface area (Å²) in [5.41, 5.74) is -0.742. The highest BCUT2D eigenvalue weighted by Crippen LogP contribution is 2.56. The summed E-state index contributed by atoms with van der Waals surface area (Å²) in [6.45, 7) is 1.57. The highest BCUT2D eigenvalue weighted by atomic mass is 32.2. The van der Waals surface area contributed by atoms with Crippen LogP contribution in [0.25, 0.3) is 0 Å². The van der Waals surface area contributed by atoms with Crippen molar-refractivity contribution in [3.05, 3.63) is 32.6 Å². The number of hydrogen-bond acceptors (Lipinski definition) is 6. The van der Waals surface area contributed by atoms with Crippen LogP contribution in [0, 0.1) is 6.92 Å². The number of aromatic nitrogens is 2. The van der Waals surface area contributed by atoms with E-state index in [0.29, 0.717) is 18.4 Å². The minimum absolute atomic E-state index is 0.352. The molecule has 1 spiro atoms. The quantitative estimate of drug-likeness (QED) is 0.534. The molecule has 0 bridgehead atoms. The summed E-state index contributed by atoms with van der Waals surface area (Å²) in [5.74, 6) is 0. The molecule has 7 nitrogen and oxygen atoms in total. The molecule has 1 saturated heterocycles. The fourth-order valence-electron chi connectivity index (χ4n) is 3.27. The lowest BCUT2D eigenvalue weighted by molar-refractivity contribution is -0.0259. The average Bonchev–Trinajstić information content (AvgIpc) is 2.91. The Labute approximate surface area is 124 Å². The second-order valence-corrected chi connectivity index (χ2v) is 7.26. The molecule has 3 rings (SSSR count). The van der Waals surface area contributed by atoms with E-state index in [1.54, 1.807) is 6.92 Å². The summed E-state index contributed by atoms with van der Waals surface area (Å²) in [6, 6.07) is 0. The minimum Gasteiger partial charge on any atom is -0.392 e. The molecular formula is C13H18N2O5S. The van der Waals surface area contributed by atoms with E-state index >= 15 is 0 Å². The van der Waals surface area contributed by atoms with Crippen LogP contribution in [0.3, 0.4) is 0 Å². The lowest BCUT2D eigenvalue weighted by atomic mass is 9.94. The molecule has 116 valence electrons. The number of rotatable bonds is 1. The lowest BCUT2D eigenvalue weighted by Gasteiger charge is -2.30. The van der Waals surface area contributed by atoms with Crippen molar-refractivity contribution in [2.24, 2.45) is 0 Å². The number of aryl methyl sites for hydroxylation is 1. The molecule has 2 fully saturated rings. The number of aromatic amines is 1. The Balaban J connectivity index is 2.03. The largest absolute Gasteiger partial charge is 0.392 e. The molecule has 8 heteroatoms. The summed E-state index contributed by atoms with van der Waals surface area (Å²) in [6.07, 6.45) is 0.319. The SMILES string of the molecule is Cc1cn([C@@H]2SC3(CCC[C@@H]3O)[C@@H](O)[C@H]2O)c(=O)[nH]c1=O. The lowest BCUT2D eigenvalue weighted by Crippen LogP contribution is -2.46. The molecule has 0 radical (unpaired) electrons. The smallest absolute Gasteiger partial charge is 0.329 e. The summed E-state index contributed by atoms with van der Waals surface area (Å²) in [7, 11) is 0. The highest BCUT2D eigenvalue weighted by molar-refractivity contribution is 8.01. The van der Waals surface area contributed by atoms with Gasteiger partial charge in [0.2, 0.25) is 0 Å². The van der Waals surface area contributed by atoms with Crippen molar-refractivity contribution >= 4 is 11.8 Å². The monoisotopic (exact) mass is 314 g/mol. The van der Waals surface area contributed by atoms with Crippen LogP contribution >= 0.6 is 11.8 Å². The Hall–Kier alpha value is -1.09.